The molecule has 2 aromatic rings. The molecule has 1 fully saturated rings. The van der Waals surface area contributed by atoms with Gasteiger partial charge < -0.3 is 15.0 Å². The molecular formula is C23H30N4O2. The zero-order valence-electron chi connectivity index (χ0n) is 17.2. The quantitative estimate of drug-likeness (QED) is 0.765. The van der Waals surface area contributed by atoms with Crippen LogP contribution in [0.4, 0.5) is 0 Å². The molecule has 29 heavy (non-hydrogen) atoms. The molecule has 1 aromatic heterocycles. The number of allylic oxidation sites excluding steroid dienone is 1. The minimum Gasteiger partial charge on any atom is -0.378 e. The third-order valence-electron chi connectivity index (χ3n) is 5.83. The van der Waals surface area contributed by atoms with Crippen molar-refractivity contribution in [2.45, 2.75) is 45.3 Å². The number of morpholine rings is 1. The third-order valence-corrected chi connectivity index (χ3v) is 5.83. The Morgan fingerprint density at radius 2 is 2.21 bits per heavy atom. The summed E-state index contributed by atoms with van der Waals surface area (Å²) in [5.74, 6) is 0.0340. The zero-order chi connectivity index (χ0) is 20.2. The Hall–Kier alpha value is -2.44. The number of nitrogens with one attached hydrogen (secondary N) is 1. The van der Waals surface area contributed by atoms with Gasteiger partial charge in [-0.05, 0) is 31.7 Å². The smallest absolute Gasteiger partial charge is 0.274 e. The summed E-state index contributed by atoms with van der Waals surface area (Å²) in [6.07, 6.45) is 4.66. The predicted molar refractivity (Wildman–Crippen MR) is 113 cm³/mol. The van der Waals surface area contributed by atoms with Crippen LogP contribution in [0.25, 0.3) is 0 Å². The Bertz CT molecular complexity index is 883. The van der Waals surface area contributed by atoms with E-state index in [1.807, 2.05) is 15.7 Å². The average Bonchev–Trinajstić information content (AvgIpc) is 3.10. The van der Waals surface area contributed by atoms with Gasteiger partial charge in [0, 0.05) is 36.9 Å². The maximum atomic E-state index is 13.2. The summed E-state index contributed by atoms with van der Waals surface area (Å²) < 4.78 is 7.36. The number of aromatic nitrogens is 2. The van der Waals surface area contributed by atoms with E-state index in [2.05, 4.69) is 43.1 Å². The maximum absolute atomic E-state index is 13.2. The van der Waals surface area contributed by atoms with Gasteiger partial charge in [-0.1, -0.05) is 35.9 Å². The normalized spacial score (nSPS) is 19.1. The van der Waals surface area contributed by atoms with E-state index in [1.165, 1.54) is 16.8 Å². The van der Waals surface area contributed by atoms with E-state index in [0.717, 1.165) is 31.4 Å². The van der Waals surface area contributed by atoms with Crippen molar-refractivity contribution in [3.63, 3.8) is 0 Å². The first-order valence-electron chi connectivity index (χ1n) is 10.5. The van der Waals surface area contributed by atoms with Gasteiger partial charge in [-0.2, -0.15) is 5.10 Å². The first-order chi connectivity index (χ1) is 14.2. The fourth-order valence-electron chi connectivity index (χ4n) is 4.31. The fraction of sp³-hybridized carbons (Fsp3) is 0.478. The molecule has 0 saturated carbocycles. The Morgan fingerprint density at radius 1 is 1.38 bits per heavy atom. The monoisotopic (exact) mass is 394 g/mol. The molecule has 0 bridgehead atoms. The Kier molecular flexibility index (Phi) is 6.11. The molecule has 1 atom stereocenters. The van der Waals surface area contributed by atoms with E-state index in [0.29, 0.717) is 44.6 Å². The second kappa shape index (κ2) is 8.93. The maximum Gasteiger partial charge on any atom is 0.274 e. The van der Waals surface area contributed by atoms with Crippen molar-refractivity contribution in [1.29, 1.82) is 0 Å². The molecule has 1 saturated heterocycles. The first-order valence-corrected chi connectivity index (χ1v) is 10.5. The number of aryl methyl sites for hydroxylation is 1. The summed E-state index contributed by atoms with van der Waals surface area (Å²) in [6.45, 7) is 9.92. The predicted octanol–water partition coefficient (Wildman–Crippen LogP) is 2.50. The van der Waals surface area contributed by atoms with Crippen LogP contribution in [0.2, 0.25) is 0 Å². The topological polar surface area (TPSA) is 59.4 Å². The number of rotatable bonds is 6. The fourth-order valence-corrected chi connectivity index (χ4v) is 4.31. The lowest BCUT2D eigenvalue weighted by atomic mass is 9.90. The second-order valence-corrected chi connectivity index (χ2v) is 7.96. The lowest BCUT2D eigenvalue weighted by molar-refractivity contribution is 0.0297. The standard InChI is InChI=1S/C23H30N4O2/c1-3-9-27-21-8-7-19(24-16-18-6-4-5-17(2)14-18)15-20(21)22(25-27)23(28)26-10-12-29-13-11-26/h3-6,14,19,24H,1,7-13,15-16H2,2H3. The average molecular weight is 395 g/mol. The van der Waals surface area contributed by atoms with Crippen molar-refractivity contribution in [3.05, 3.63) is 65.0 Å². The van der Waals surface area contributed by atoms with Gasteiger partial charge >= 0.3 is 0 Å². The minimum atomic E-state index is 0.0340. The summed E-state index contributed by atoms with van der Waals surface area (Å²) in [7, 11) is 0. The first kappa shape index (κ1) is 19.9. The van der Waals surface area contributed by atoms with Crippen LogP contribution < -0.4 is 5.32 Å². The molecule has 6 nitrogen and oxygen atoms in total. The van der Waals surface area contributed by atoms with Crippen LogP contribution in [0.1, 0.15) is 39.3 Å². The Morgan fingerprint density at radius 3 is 2.97 bits per heavy atom. The zero-order valence-corrected chi connectivity index (χ0v) is 17.2. The number of carbonyl (C=O) groups excluding carboxylic acids is 1. The summed E-state index contributed by atoms with van der Waals surface area (Å²) in [5.41, 5.74) is 5.49. The van der Waals surface area contributed by atoms with E-state index >= 15 is 0 Å². The number of fused-ring (bicyclic) bond motifs is 1. The van der Waals surface area contributed by atoms with Crippen LogP contribution in [0.3, 0.4) is 0 Å². The molecule has 1 aliphatic heterocycles. The molecule has 2 heterocycles. The lowest BCUT2D eigenvalue weighted by Gasteiger charge is -2.28. The third kappa shape index (κ3) is 4.43. The summed E-state index contributed by atoms with van der Waals surface area (Å²) in [5, 5.41) is 8.40. The second-order valence-electron chi connectivity index (χ2n) is 7.96. The highest BCUT2D eigenvalue weighted by Gasteiger charge is 2.31. The number of amides is 1. The van der Waals surface area contributed by atoms with Gasteiger partial charge in [-0.25, -0.2) is 0 Å². The highest BCUT2D eigenvalue weighted by Crippen LogP contribution is 2.26. The largest absolute Gasteiger partial charge is 0.378 e. The number of benzene rings is 1. The molecule has 6 heteroatoms. The van der Waals surface area contributed by atoms with Crippen LogP contribution >= 0.6 is 0 Å². The van der Waals surface area contributed by atoms with Crippen LogP contribution in [0.15, 0.2) is 36.9 Å². The van der Waals surface area contributed by atoms with Gasteiger partial charge in [-0.15, -0.1) is 6.58 Å². The number of carbonyl (C=O) groups is 1. The minimum absolute atomic E-state index is 0.0340. The van der Waals surface area contributed by atoms with Gasteiger partial charge in [0.15, 0.2) is 5.69 Å². The Balaban J connectivity index is 1.52. The van der Waals surface area contributed by atoms with Crippen molar-refractivity contribution in [3.8, 4) is 0 Å². The number of ether oxygens (including phenoxy) is 1. The molecule has 4 rings (SSSR count). The number of hydrogen-bond donors (Lipinski definition) is 1. The molecule has 0 radical (unpaired) electrons. The molecule has 1 unspecified atom stereocenters. The van der Waals surface area contributed by atoms with Crippen LogP contribution in [-0.4, -0.2) is 52.9 Å². The van der Waals surface area contributed by atoms with E-state index in [1.54, 1.807) is 0 Å². The van der Waals surface area contributed by atoms with Gasteiger partial charge in [0.05, 0.1) is 19.8 Å². The molecule has 1 amide bonds. The highest BCUT2D eigenvalue weighted by atomic mass is 16.5. The molecule has 1 aromatic carbocycles. The molecular weight excluding hydrogens is 364 g/mol. The van der Waals surface area contributed by atoms with Crippen molar-refractivity contribution in [1.82, 2.24) is 20.0 Å². The van der Waals surface area contributed by atoms with E-state index < -0.39 is 0 Å². The van der Waals surface area contributed by atoms with Gasteiger partial charge in [0.2, 0.25) is 0 Å². The van der Waals surface area contributed by atoms with Crippen molar-refractivity contribution in [2.75, 3.05) is 26.3 Å². The van der Waals surface area contributed by atoms with Crippen LogP contribution in [-0.2, 0) is 30.7 Å². The van der Waals surface area contributed by atoms with Crippen LogP contribution in [0.5, 0.6) is 0 Å². The van der Waals surface area contributed by atoms with E-state index in [4.69, 9.17) is 9.84 Å². The molecule has 1 aliphatic carbocycles. The van der Waals surface area contributed by atoms with E-state index in [-0.39, 0.29) is 5.91 Å². The lowest BCUT2D eigenvalue weighted by Crippen LogP contribution is -2.41. The highest BCUT2D eigenvalue weighted by molar-refractivity contribution is 5.94. The SMILES string of the molecule is C=CCn1nc(C(=O)N2CCOCC2)c2c1CCC(NCc1cccc(C)c1)C2. The molecule has 2 aliphatic rings. The van der Waals surface area contributed by atoms with Gasteiger partial charge in [0.25, 0.3) is 5.91 Å². The van der Waals surface area contributed by atoms with Crippen molar-refractivity contribution in [2.24, 2.45) is 0 Å². The summed E-state index contributed by atoms with van der Waals surface area (Å²) in [4.78, 5) is 15.0. The van der Waals surface area contributed by atoms with Gasteiger partial charge in [0.1, 0.15) is 0 Å². The number of hydrogen-bond acceptors (Lipinski definition) is 4. The summed E-state index contributed by atoms with van der Waals surface area (Å²) in [6, 6.07) is 8.94. The van der Waals surface area contributed by atoms with Crippen molar-refractivity contribution < 1.29 is 9.53 Å². The van der Waals surface area contributed by atoms with E-state index in [9.17, 15) is 4.79 Å². The van der Waals surface area contributed by atoms with Gasteiger partial charge in [-0.3, -0.25) is 9.48 Å². The van der Waals surface area contributed by atoms with Crippen LogP contribution in [0, 0.1) is 6.92 Å². The molecule has 154 valence electrons. The Labute approximate surface area is 172 Å². The molecule has 1 N–H and O–H groups in total. The van der Waals surface area contributed by atoms with Crippen molar-refractivity contribution >= 4 is 5.91 Å². The number of nitrogens with zero attached hydrogens (tertiary/aromatic N) is 3. The molecule has 0 spiro atoms. The summed E-state index contributed by atoms with van der Waals surface area (Å²) >= 11 is 0.